The molecule has 2 aliphatic heterocycles. The molecule has 2 fully saturated rings. The number of rotatable bonds is 6. The van der Waals surface area contributed by atoms with Gasteiger partial charge in [0.25, 0.3) is 5.69 Å². The van der Waals surface area contributed by atoms with Crippen LogP contribution in [0.2, 0.25) is 0 Å². The zero-order chi connectivity index (χ0) is 22.0. The number of nitrogens with zero attached hydrogens (tertiary/aromatic N) is 3. The van der Waals surface area contributed by atoms with Crippen molar-refractivity contribution < 1.29 is 14.5 Å². The summed E-state index contributed by atoms with van der Waals surface area (Å²) in [6, 6.07) is 12.6. The Bertz CT molecular complexity index is 999. The zero-order valence-corrected chi connectivity index (χ0v) is 17.5. The van der Waals surface area contributed by atoms with Crippen molar-refractivity contribution in [1.82, 2.24) is 0 Å². The number of benzene rings is 2. The highest BCUT2D eigenvalue weighted by Crippen LogP contribution is 2.30. The Hall–Kier alpha value is -3.42. The van der Waals surface area contributed by atoms with E-state index in [0.29, 0.717) is 24.2 Å². The van der Waals surface area contributed by atoms with Crippen molar-refractivity contribution >= 4 is 34.6 Å². The van der Waals surface area contributed by atoms with Crippen LogP contribution in [-0.2, 0) is 16.0 Å². The van der Waals surface area contributed by atoms with E-state index in [0.717, 1.165) is 24.5 Å². The summed E-state index contributed by atoms with van der Waals surface area (Å²) in [6.07, 6.45) is 3.06. The van der Waals surface area contributed by atoms with Gasteiger partial charge in [-0.2, -0.15) is 0 Å². The van der Waals surface area contributed by atoms with Crippen LogP contribution in [0.1, 0.15) is 31.7 Å². The smallest absolute Gasteiger partial charge is 0.274 e. The molecular weight excluding hydrogens is 396 g/mol. The van der Waals surface area contributed by atoms with Crippen LogP contribution in [0.4, 0.5) is 22.7 Å². The van der Waals surface area contributed by atoms with Gasteiger partial charge in [0.1, 0.15) is 0 Å². The van der Waals surface area contributed by atoms with Crippen molar-refractivity contribution in [3.05, 3.63) is 58.1 Å². The highest BCUT2D eigenvalue weighted by atomic mass is 16.6. The highest BCUT2D eigenvalue weighted by Gasteiger charge is 2.35. The van der Waals surface area contributed by atoms with E-state index in [2.05, 4.69) is 10.2 Å². The molecule has 2 saturated heterocycles. The van der Waals surface area contributed by atoms with Crippen LogP contribution in [0.5, 0.6) is 0 Å². The fourth-order valence-corrected chi connectivity index (χ4v) is 4.31. The molecular formula is C23H26N4O4. The summed E-state index contributed by atoms with van der Waals surface area (Å²) in [5, 5.41) is 14.0. The first kappa shape index (κ1) is 20.8. The Balaban J connectivity index is 1.42. The van der Waals surface area contributed by atoms with E-state index < -0.39 is 10.8 Å². The first-order valence-electron chi connectivity index (χ1n) is 10.7. The third-order valence-electron chi connectivity index (χ3n) is 6.06. The minimum atomic E-state index is -0.504. The van der Waals surface area contributed by atoms with Crippen molar-refractivity contribution in [2.24, 2.45) is 5.92 Å². The number of carbonyl (C=O) groups excluding carboxylic acids is 2. The Morgan fingerprint density at radius 3 is 2.45 bits per heavy atom. The van der Waals surface area contributed by atoms with Gasteiger partial charge in [-0.3, -0.25) is 19.7 Å². The monoisotopic (exact) mass is 422 g/mol. The van der Waals surface area contributed by atoms with Crippen LogP contribution in [-0.4, -0.2) is 36.4 Å². The molecule has 0 saturated carbocycles. The number of carbonyl (C=O) groups is 2. The van der Waals surface area contributed by atoms with E-state index >= 15 is 0 Å². The van der Waals surface area contributed by atoms with Gasteiger partial charge >= 0.3 is 0 Å². The molecule has 162 valence electrons. The van der Waals surface area contributed by atoms with Gasteiger partial charge in [-0.25, -0.2) is 0 Å². The van der Waals surface area contributed by atoms with E-state index in [4.69, 9.17) is 0 Å². The fraction of sp³-hybridized carbons (Fsp3) is 0.391. The first-order chi connectivity index (χ1) is 15.0. The molecule has 31 heavy (non-hydrogen) atoms. The molecule has 8 nitrogen and oxygen atoms in total. The molecule has 0 bridgehead atoms. The van der Waals surface area contributed by atoms with Gasteiger partial charge in [0.05, 0.1) is 10.8 Å². The molecule has 8 heteroatoms. The largest absolute Gasteiger partial charge is 0.372 e. The average Bonchev–Trinajstić information content (AvgIpc) is 3.44. The lowest BCUT2D eigenvalue weighted by Gasteiger charge is -2.20. The quantitative estimate of drug-likeness (QED) is 0.565. The Kier molecular flexibility index (Phi) is 5.88. The second-order valence-electron chi connectivity index (χ2n) is 8.06. The maximum absolute atomic E-state index is 12.7. The van der Waals surface area contributed by atoms with Crippen molar-refractivity contribution in [2.75, 3.05) is 34.8 Å². The van der Waals surface area contributed by atoms with Gasteiger partial charge in [0, 0.05) is 54.7 Å². The first-order valence-corrected chi connectivity index (χ1v) is 10.7. The van der Waals surface area contributed by atoms with Gasteiger partial charge in [-0.05, 0) is 49.6 Å². The van der Waals surface area contributed by atoms with Crippen molar-refractivity contribution in [3.8, 4) is 0 Å². The Morgan fingerprint density at radius 2 is 1.81 bits per heavy atom. The fourth-order valence-electron chi connectivity index (χ4n) is 4.31. The number of nitro benzene ring substituents is 1. The van der Waals surface area contributed by atoms with Gasteiger partial charge in [-0.15, -0.1) is 0 Å². The van der Waals surface area contributed by atoms with E-state index in [1.165, 1.54) is 18.9 Å². The molecule has 4 rings (SSSR count). The molecule has 1 unspecified atom stereocenters. The van der Waals surface area contributed by atoms with Crippen molar-refractivity contribution in [2.45, 2.75) is 32.6 Å². The Labute approximate surface area is 181 Å². The molecule has 1 N–H and O–H groups in total. The van der Waals surface area contributed by atoms with Crippen LogP contribution in [0.3, 0.4) is 0 Å². The van der Waals surface area contributed by atoms with Crippen molar-refractivity contribution in [3.63, 3.8) is 0 Å². The summed E-state index contributed by atoms with van der Waals surface area (Å²) in [7, 11) is 0. The maximum Gasteiger partial charge on any atom is 0.274 e. The zero-order valence-electron chi connectivity index (χ0n) is 17.5. The van der Waals surface area contributed by atoms with Gasteiger partial charge < -0.3 is 15.1 Å². The molecule has 0 aliphatic carbocycles. The molecule has 2 heterocycles. The second kappa shape index (κ2) is 8.75. The predicted octanol–water partition coefficient (Wildman–Crippen LogP) is 3.75. The van der Waals surface area contributed by atoms with Crippen LogP contribution in [0.25, 0.3) is 0 Å². The summed E-state index contributed by atoms with van der Waals surface area (Å²) in [6.45, 7) is 4.25. The summed E-state index contributed by atoms with van der Waals surface area (Å²) >= 11 is 0. The van der Waals surface area contributed by atoms with Crippen LogP contribution >= 0.6 is 0 Å². The number of anilines is 3. The highest BCUT2D eigenvalue weighted by molar-refractivity contribution is 6.03. The lowest BCUT2D eigenvalue weighted by atomic mass is 10.1. The van der Waals surface area contributed by atoms with Gasteiger partial charge in [-0.1, -0.05) is 13.0 Å². The molecule has 1 atom stereocenters. The standard InChI is InChI=1S/C23H26N4O4/c1-2-16-5-6-18(14-21(16)27(30)31)24-23(29)17-13-22(28)26(15-17)20-9-7-19(8-10-20)25-11-3-4-12-25/h5-10,14,17H,2-4,11-13,15H2,1H3,(H,24,29). The minimum absolute atomic E-state index is 0.0116. The SMILES string of the molecule is CCc1ccc(NC(=O)C2CC(=O)N(c3ccc(N4CCCC4)cc3)C2)cc1[N+](=O)[O-]. The lowest BCUT2D eigenvalue weighted by Crippen LogP contribution is -2.28. The summed E-state index contributed by atoms with van der Waals surface area (Å²) in [4.78, 5) is 40.1. The normalized spacial score (nSPS) is 18.5. The predicted molar refractivity (Wildman–Crippen MR) is 119 cm³/mol. The van der Waals surface area contributed by atoms with E-state index in [1.807, 2.05) is 31.2 Å². The molecule has 0 spiro atoms. The minimum Gasteiger partial charge on any atom is -0.372 e. The molecule has 2 aromatic rings. The van der Waals surface area contributed by atoms with E-state index in [1.54, 1.807) is 17.0 Å². The maximum atomic E-state index is 12.7. The number of amides is 2. The number of aryl methyl sites for hydroxylation is 1. The molecule has 2 aliphatic rings. The van der Waals surface area contributed by atoms with E-state index in [9.17, 15) is 19.7 Å². The average molecular weight is 422 g/mol. The summed E-state index contributed by atoms with van der Waals surface area (Å²) in [5.41, 5.74) is 2.91. The summed E-state index contributed by atoms with van der Waals surface area (Å²) in [5.74, 6) is -0.903. The molecule has 2 aromatic carbocycles. The third-order valence-corrected chi connectivity index (χ3v) is 6.06. The van der Waals surface area contributed by atoms with Crippen LogP contribution in [0, 0.1) is 16.0 Å². The molecule has 2 amide bonds. The van der Waals surface area contributed by atoms with Gasteiger partial charge in [0.2, 0.25) is 11.8 Å². The third kappa shape index (κ3) is 4.38. The topological polar surface area (TPSA) is 95.8 Å². The Morgan fingerprint density at radius 1 is 1.13 bits per heavy atom. The second-order valence-corrected chi connectivity index (χ2v) is 8.06. The van der Waals surface area contributed by atoms with Crippen molar-refractivity contribution in [1.29, 1.82) is 0 Å². The van der Waals surface area contributed by atoms with E-state index in [-0.39, 0.29) is 23.9 Å². The molecule has 0 aromatic heterocycles. The number of hydrogen-bond donors (Lipinski definition) is 1. The van der Waals surface area contributed by atoms with Gasteiger partial charge in [0.15, 0.2) is 0 Å². The number of hydrogen-bond acceptors (Lipinski definition) is 5. The summed E-state index contributed by atoms with van der Waals surface area (Å²) < 4.78 is 0. The molecule has 0 radical (unpaired) electrons. The lowest BCUT2D eigenvalue weighted by molar-refractivity contribution is -0.385. The van der Waals surface area contributed by atoms with Crippen LogP contribution in [0.15, 0.2) is 42.5 Å². The number of nitro groups is 1. The van der Waals surface area contributed by atoms with Crippen LogP contribution < -0.4 is 15.1 Å². The number of nitrogens with one attached hydrogen (secondary N) is 1.